The molecule has 1 aliphatic rings. The van der Waals surface area contributed by atoms with Crippen molar-refractivity contribution in [3.8, 4) is 5.75 Å². The van der Waals surface area contributed by atoms with Gasteiger partial charge in [0.25, 0.3) is 11.8 Å². The molecule has 2 amide bonds. The van der Waals surface area contributed by atoms with Crippen molar-refractivity contribution in [1.29, 1.82) is 0 Å². The SMILES string of the molecule is COc1ccc(NN)cc1CN1C(=O)c2ccccc2C1=O. The summed E-state index contributed by atoms with van der Waals surface area (Å²) in [6.45, 7) is 0.130. The largest absolute Gasteiger partial charge is 0.496 e. The first-order valence-corrected chi connectivity index (χ1v) is 6.74. The monoisotopic (exact) mass is 297 g/mol. The number of anilines is 1. The van der Waals surface area contributed by atoms with Crippen LogP contribution in [-0.4, -0.2) is 23.8 Å². The smallest absolute Gasteiger partial charge is 0.261 e. The minimum atomic E-state index is -0.297. The Morgan fingerprint density at radius 2 is 1.73 bits per heavy atom. The van der Waals surface area contributed by atoms with E-state index in [1.165, 1.54) is 12.0 Å². The van der Waals surface area contributed by atoms with E-state index < -0.39 is 0 Å². The molecule has 0 atom stereocenters. The first kappa shape index (κ1) is 14.1. The molecule has 0 radical (unpaired) electrons. The van der Waals surface area contributed by atoms with Crippen LogP contribution in [0.15, 0.2) is 42.5 Å². The number of amides is 2. The van der Waals surface area contributed by atoms with Gasteiger partial charge in [-0.3, -0.25) is 20.3 Å². The predicted molar refractivity (Wildman–Crippen MR) is 81.5 cm³/mol. The molecule has 1 aliphatic heterocycles. The van der Waals surface area contributed by atoms with Gasteiger partial charge in [-0.25, -0.2) is 0 Å². The van der Waals surface area contributed by atoms with E-state index in [-0.39, 0.29) is 18.4 Å². The molecule has 2 aromatic carbocycles. The van der Waals surface area contributed by atoms with Gasteiger partial charge in [-0.05, 0) is 30.3 Å². The van der Waals surface area contributed by atoms with Gasteiger partial charge in [-0.2, -0.15) is 0 Å². The molecule has 0 spiro atoms. The summed E-state index contributed by atoms with van der Waals surface area (Å²) < 4.78 is 5.28. The van der Waals surface area contributed by atoms with E-state index in [4.69, 9.17) is 10.6 Å². The summed E-state index contributed by atoms with van der Waals surface area (Å²) in [6, 6.07) is 12.0. The van der Waals surface area contributed by atoms with Crippen molar-refractivity contribution in [2.24, 2.45) is 5.84 Å². The number of rotatable bonds is 4. The lowest BCUT2D eigenvalue weighted by Gasteiger charge is -2.17. The second kappa shape index (κ2) is 5.50. The maximum absolute atomic E-state index is 12.4. The van der Waals surface area contributed by atoms with E-state index in [1.807, 2.05) is 0 Å². The number of hydrogen-bond donors (Lipinski definition) is 2. The van der Waals surface area contributed by atoms with E-state index >= 15 is 0 Å². The van der Waals surface area contributed by atoms with Gasteiger partial charge < -0.3 is 10.2 Å². The molecule has 112 valence electrons. The highest BCUT2D eigenvalue weighted by Gasteiger charge is 2.35. The number of nitrogens with two attached hydrogens (primary N) is 1. The summed E-state index contributed by atoms with van der Waals surface area (Å²) in [6.07, 6.45) is 0. The number of carbonyl (C=O) groups is 2. The van der Waals surface area contributed by atoms with Crippen molar-refractivity contribution in [2.75, 3.05) is 12.5 Å². The molecule has 0 unspecified atom stereocenters. The number of hydrazine groups is 1. The maximum Gasteiger partial charge on any atom is 0.261 e. The van der Waals surface area contributed by atoms with Gasteiger partial charge in [0.05, 0.1) is 24.8 Å². The zero-order valence-corrected chi connectivity index (χ0v) is 12.0. The second-order valence-corrected chi connectivity index (χ2v) is 4.91. The average molecular weight is 297 g/mol. The zero-order valence-electron chi connectivity index (χ0n) is 12.0. The fraction of sp³-hybridized carbons (Fsp3) is 0.125. The fourth-order valence-corrected chi connectivity index (χ4v) is 2.55. The molecular formula is C16H15N3O3. The van der Waals surface area contributed by atoms with Gasteiger partial charge in [0.15, 0.2) is 0 Å². The Kier molecular flexibility index (Phi) is 3.52. The summed E-state index contributed by atoms with van der Waals surface area (Å²) in [5, 5.41) is 0. The molecule has 3 N–H and O–H groups in total. The number of nitrogens with zero attached hydrogens (tertiary/aromatic N) is 1. The molecule has 0 aliphatic carbocycles. The molecule has 3 rings (SSSR count). The summed E-state index contributed by atoms with van der Waals surface area (Å²) in [5.41, 5.74) is 4.77. The van der Waals surface area contributed by atoms with Crippen LogP contribution in [0.1, 0.15) is 26.3 Å². The van der Waals surface area contributed by atoms with Crippen LogP contribution in [0.2, 0.25) is 0 Å². The Balaban J connectivity index is 1.95. The van der Waals surface area contributed by atoms with Gasteiger partial charge in [0, 0.05) is 11.3 Å². The minimum Gasteiger partial charge on any atom is -0.496 e. The molecule has 0 saturated heterocycles. The van der Waals surface area contributed by atoms with Crippen LogP contribution in [0.3, 0.4) is 0 Å². The summed E-state index contributed by atoms with van der Waals surface area (Å²) in [4.78, 5) is 26.0. The number of carbonyl (C=O) groups excluding carboxylic acids is 2. The van der Waals surface area contributed by atoms with Crippen LogP contribution in [0, 0.1) is 0 Å². The maximum atomic E-state index is 12.4. The first-order chi connectivity index (χ1) is 10.7. The minimum absolute atomic E-state index is 0.130. The Labute approximate surface area is 127 Å². The standard InChI is InChI=1S/C16H15N3O3/c1-22-14-7-6-11(18-17)8-10(14)9-19-15(20)12-4-2-3-5-13(12)16(19)21/h2-8,18H,9,17H2,1H3. The quantitative estimate of drug-likeness (QED) is 0.510. The summed E-state index contributed by atoms with van der Waals surface area (Å²) >= 11 is 0. The fourth-order valence-electron chi connectivity index (χ4n) is 2.55. The molecule has 6 nitrogen and oxygen atoms in total. The van der Waals surface area contributed by atoms with Gasteiger partial charge in [0.1, 0.15) is 5.75 Å². The number of nitrogens with one attached hydrogen (secondary N) is 1. The molecule has 22 heavy (non-hydrogen) atoms. The highest BCUT2D eigenvalue weighted by Crippen LogP contribution is 2.28. The van der Waals surface area contributed by atoms with Crippen molar-refractivity contribution < 1.29 is 14.3 Å². The lowest BCUT2D eigenvalue weighted by molar-refractivity contribution is 0.0641. The van der Waals surface area contributed by atoms with Gasteiger partial charge in [-0.1, -0.05) is 12.1 Å². The van der Waals surface area contributed by atoms with Gasteiger partial charge in [0.2, 0.25) is 0 Å². The molecular weight excluding hydrogens is 282 g/mol. The second-order valence-electron chi connectivity index (χ2n) is 4.91. The van der Waals surface area contributed by atoms with Crippen LogP contribution in [0.25, 0.3) is 0 Å². The topological polar surface area (TPSA) is 84.7 Å². The van der Waals surface area contributed by atoms with E-state index in [0.717, 1.165) is 0 Å². The highest BCUT2D eigenvalue weighted by atomic mass is 16.5. The number of imide groups is 1. The van der Waals surface area contributed by atoms with Crippen LogP contribution in [0.5, 0.6) is 5.75 Å². The summed E-state index contributed by atoms with van der Waals surface area (Å²) in [5.74, 6) is 5.40. The molecule has 0 aromatic heterocycles. The lowest BCUT2D eigenvalue weighted by atomic mass is 10.1. The van der Waals surface area contributed by atoms with Crippen LogP contribution >= 0.6 is 0 Å². The van der Waals surface area contributed by atoms with E-state index in [9.17, 15) is 9.59 Å². The molecule has 6 heteroatoms. The Morgan fingerprint density at radius 1 is 1.09 bits per heavy atom. The number of hydrogen-bond acceptors (Lipinski definition) is 5. The first-order valence-electron chi connectivity index (χ1n) is 6.74. The predicted octanol–water partition coefficient (Wildman–Crippen LogP) is 1.78. The number of benzene rings is 2. The van der Waals surface area contributed by atoms with Crippen LogP contribution in [-0.2, 0) is 6.54 Å². The van der Waals surface area contributed by atoms with Crippen molar-refractivity contribution >= 4 is 17.5 Å². The van der Waals surface area contributed by atoms with Crippen molar-refractivity contribution in [3.05, 3.63) is 59.2 Å². The van der Waals surface area contributed by atoms with Crippen LogP contribution in [0.4, 0.5) is 5.69 Å². The third kappa shape index (κ3) is 2.19. The van der Waals surface area contributed by atoms with Gasteiger partial charge in [-0.15, -0.1) is 0 Å². The van der Waals surface area contributed by atoms with Gasteiger partial charge >= 0.3 is 0 Å². The molecule has 0 fully saturated rings. The zero-order chi connectivity index (χ0) is 15.7. The van der Waals surface area contributed by atoms with Crippen molar-refractivity contribution in [1.82, 2.24) is 4.90 Å². The molecule has 2 aromatic rings. The van der Waals surface area contributed by atoms with E-state index in [2.05, 4.69) is 5.43 Å². The third-order valence-corrected chi connectivity index (χ3v) is 3.65. The van der Waals surface area contributed by atoms with Crippen LogP contribution < -0.4 is 16.0 Å². The Bertz CT molecular complexity index is 723. The average Bonchev–Trinajstić information content (AvgIpc) is 2.80. The molecule has 0 saturated carbocycles. The molecule has 1 heterocycles. The van der Waals surface area contributed by atoms with E-state index in [1.54, 1.807) is 42.5 Å². The van der Waals surface area contributed by atoms with Crippen molar-refractivity contribution in [3.63, 3.8) is 0 Å². The number of nitrogen functional groups attached to an aromatic ring is 1. The third-order valence-electron chi connectivity index (χ3n) is 3.65. The normalized spacial score (nSPS) is 13.3. The summed E-state index contributed by atoms with van der Waals surface area (Å²) in [7, 11) is 1.54. The number of fused-ring (bicyclic) bond motifs is 1. The molecule has 0 bridgehead atoms. The van der Waals surface area contributed by atoms with E-state index in [0.29, 0.717) is 28.1 Å². The number of methoxy groups -OCH3 is 1. The van der Waals surface area contributed by atoms with Crippen molar-refractivity contribution in [2.45, 2.75) is 6.54 Å². The Morgan fingerprint density at radius 3 is 2.27 bits per heavy atom. The number of ether oxygens (including phenoxy) is 1. The Hall–Kier alpha value is -2.86. The lowest BCUT2D eigenvalue weighted by Crippen LogP contribution is -2.29. The highest BCUT2D eigenvalue weighted by molar-refractivity contribution is 6.21.